The molecule has 10 nitrogen and oxygen atoms in total. The second-order valence-electron chi connectivity index (χ2n) is 6.63. The molecule has 0 aliphatic carbocycles. The largest absolute Gasteiger partial charge is 0.342 e. The summed E-state index contributed by atoms with van der Waals surface area (Å²) < 4.78 is 27.5. The summed E-state index contributed by atoms with van der Waals surface area (Å²) in [5.41, 5.74) is -0.737. The van der Waals surface area contributed by atoms with E-state index in [1.54, 1.807) is 13.2 Å². The molecule has 1 unspecified atom stereocenters. The van der Waals surface area contributed by atoms with Crippen LogP contribution in [-0.4, -0.2) is 66.4 Å². The first kappa shape index (κ1) is 26.1. The first-order valence-corrected chi connectivity index (χ1v) is 9.12. The molecular formula is C20H24F2N6O4. The Labute approximate surface area is 183 Å². The molecule has 0 saturated carbocycles. The Morgan fingerprint density at radius 2 is 1.88 bits per heavy atom. The molecule has 0 aliphatic heterocycles. The summed E-state index contributed by atoms with van der Waals surface area (Å²) in [7, 11) is 2.85. The smallest absolute Gasteiger partial charge is 0.315 e. The molecule has 0 saturated heterocycles. The molecule has 32 heavy (non-hydrogen) atoms. The molecule has 2 atom stereocenters. The standard InChI is InChI=1S/C20H24F2N6O4/c1-20(18(21)22,26-19(31)24-2)15(17(30)27-32)25-16(29)14-9-7-13(8-10-14)6-4-5-11-28(3)12-23/h5,7-12,15,18,23,32H,1-3H3,(H,25,29)(H,27,30)(H2,24,26,31)/b11-5+,23-12?/t15-,20?/m1/s1. The average Bonchev–Trinajstić information content (AvgIpc) is 2.79. The number of nitrogens with one attached hydrogen (secondary N) is 5. The summed E-state index contributed by atoms with van der Waals surface area (Å²) >= 11 is 0. The summed E-state index contributed by atoms with van der Waals surface area (Å²) in [6.45, 7) is 0.856. The molecule has 0 fully saturated rings. The molecule has 0 heterocycles. The highest BCUT2D eigenvalue weighted by Crippen LogP contribution is 2.21. The predicted molar refractivity (Wildman–Crippen MR) is 112 cm³/mol. The van der Waals surface area contributed by atoms with E-state index in [1.807, 2.05) is 5.32 Å². The number of nitrogens with zero attached hydrogens (tertiary/aromatic N) is 1. The number of amides is 4. The number of halogens is 2. The van der Waals surface area contributed by atoms with Gasteiger partial charge in [-0.25, -0.2) is 19.1 Å². The lowest BCUT2D eigenvalue weighted by atomic mass is 9.91. The van der Waals surface area contributed by atoms with E-state index in [0.717, 1.165) is 13.3 Å². The topological polar surface area (TPSA) is 147 Å². The van der Waals surface area contributed by atoms with Gasteiger partial charge in [-0.2, -0.15) is 0 Å². The van der Waals surface area contributed by atoms with Crippen LogP contribution >= 0.6 is 0 Å². The van der Waals surface area contributed by atoms with E-state index < -0.39 is 35.9 Å². The number of carbonyl (C=O) groups is 3. The van der Waals surface area contributed by atoms with Crippen LogP contribution in [0.15, 0.2) is 36.5 Å². The number of allylic oxidation sites excluding steroid dienone is 1. The molecule has 0 aliphatic rings. The number of hydrogen-bond donors (Lipinski definition) is 6. The predicted octanol–water partition coefficient (Wildman–Crippen LogP) is 0.647. The van der Waals surface area contributed by atoms with Crippen molar-refractivity contribution >= 4 is 24.2 Å². The molecule has 6 N–H and O–H groups in total. The molecule has 4 amide bonds. The molecule has 1 aromatic rings. The lowest BCUT2D eigenvalue weighted by molar-refractivity contribution is -0.135. The Hall–Kier alpha value is -3.98. The molecular weight excluding hydrogens is 426 g/mol. The molecule has 0 bridgehead atoms. The first-order valence-electron chi connectivity index (χ1n) is 9.12. The highest BCUT2D eigenvalue weighted by atomic mass is 19.3. The molecule has 0 aromatic heterocycles. The van der Waals surface area contributed by atoms with Crippen LogP contribution < -0.4 is 21.4 Å². The van der Waals surface area contributed by atoms with Gasteiger partial charge in [0.15, 0.2) is 0 Å². The fraction of sp³-hybridized carbons (Fsp3) is 0.300. The van der Waals surface area contributed by atoms with Crippen molar-refractivity contribution in [2.45, 2.75) is 24.9 Å². The van der Waals surface area contributed by atoms with Gasteiger partial charge in [-0.15, -0.1) is 0 Å². The number of urea groups is 1. The van der Waals surface area contributed by atoms with Crippen LogP contribution in [0.2, 0.25) is 0 Å². The van der Waals surface area contributed by atoms with Crippen LogP contribution in [0, 0.1) is 17.3 Å². The van der Waals surface area contributed by atoms with Gasteiger partial charge in [-0.3, -0.25) is 20.2 Å². The third-order valence-electron chi connectivity index (χ3n) is 4.27. The quantitative estimate of drug-likeness (QED) is 0.113. The zero-order chi connectivity index (χ0) is 24.3. The zero-order valence-electron chi connectivity index (χ0n) is 17.6. The zero-order valence-corrected chi connectivity index (χ0v) is 17.6. The second kappa shape index (κ2) is 12.0. The molecule has 1 rings (SSSR count). The van der Waals surface area contributed by atoms with Gasteiger partial charge in [-0.1, -0.05) is 11.8 Å². The van der Waals surface area contributed by atoms with Crippen LogP contribution in [0.4, 0.5) is 13.6 Å². The number of benzene rings is 1. The van der Waals surface area contributed by atoms with Crippen molar-refractivity contribution in [1.29, 1.82) is 5.41 Å². The van der Waals surface area contributed by atoms with Gasteiger partial charge in [0.2, 0.25) is 0 Å². The molecule has 0 spiro atoms. The van der Waals surface area contributed by atoms with Gasteiger partial charge in [0, 0.05) is 37.5 Å². The lowest BCUT2D eigenvalue weighted by Crippen LogP contribution is -2.69. The van der Waals surface area contributed by atoms with Gasteiger partial charge in [0.05, 0.1) is 6.34 Å². The number of carbonyl (C=O) groups excluding carboxylic acids is 3. The normalized spacial score (nSPS) is 13.2. The second-order valence-corrected chi connectivity index (χ2v) is 6.63. The van der Waals surface area contributed by atoms with Gasteiger partial charge in [-0.05, 0) is 31.2 Å². The van der Waals surface area contributed by atoms with E-state index in [-0.39, 0.29) is 5.56 Å². The summed E-state index contributed by atoms with van der Waals surface area (Å²) in [5.74, 6) is 3.31. The van der Waals surface area contributed by atoms with Crippen LogP contribution in [0.25, 0.3) is 0 Å². The Kier molecular flexibility index (Phi) is 9.78. The average molecular weight is 450 g/mol. The fourth-order valence-corrected chi connectivity index (χ4v) is 2.35. The third-order valence-corrected chi connectivity index (χ3v) is 4.27. The van der Waals surface area contributed by atoms with E-state index in [0.29, 0.717) is 5.56 Å². The molecule has 1 aromatic carbocycles. The van der Waals surface area contributed by atoms with Crippen molar-refractivity contribution in [2.75, 3.05) is 14.1 Å². The Balaban J connectivity index is 3.07. The van der Waals surface area contributed by atoms with Gasteiger partial charge >= 0.3 is 6.03 Å². The highest BCUT2D eigenvalue weighted by molar-refractivity contribution is 5.98. The van der Waals surface area contributed by atoms with Crippen LogP contribution in [0.3, 0.4) is 0 Å². The van der Waals surface area contributed by atoms with Crippen LogP contribution in [0.5, 0.6) is 0 Å². The van der Waals surface area contributed by atoms with E-state index in [1.165, 1.54) is 47.8 Å². The lowest BCUT2D eigenvalue weighted by Gasteiger charge is -2.36. The fourth-order valence-electron chi connectivity index (χ4n) is 2.35. The number of hydrogen-bond acceptors (Lipinski definition) is 5. The first-order chi connectivity index (χ1) is 15.1. The minimum absolute atomic E-state index is 0.0296. The Morgan fingerprint density at radius 3 is 2.38 bits per heavy atom. The van der Waals surface area contributed by atoms with E-state index in [9.17, 15) is 23.2 Å². The number of hydroxylamine groups is 1. The Morgan fingerprint density at radius 1 is 1.25 bits per heavy atom. The summed E-state index contributed by atoms with van der Waals surface area (Å²) in [6, 6.07) is 2.73. The summed E-state index contributed by atoms with van der Waals surface area (Å²) in [5, 5.41) is 22.1. The van der Waals surface area contributed by atoms with Crippen molar-refractivity contribution in [2.24, 2.45) is 0 Å². The maximum atomic E-state index is 13.8. The van der Waals surface area contributed by atoms with E-state index >= 15 is 0 Å². The summed E-state index contributed by atoms with van der Waals surface area (Å²) in [4.78, 5) is 37.7. The minimum Gasteiger partial charge on any atom is -0.342 e. The highest BCUT2D eigenvalue weighted by Gasteiger charge is 2.48. The van der Waals surface area contributed by atoms with Crippen LogP contribution in [-0.2, 0) is 4.79 Å². The van der Waals surface area contributed by atoms with Crippen molar-refractivity contribution in [3.8, 4) is 11.8 Å². The van der Waals surface area contributed by atoms with Gasteiger partial charge in [0.25, 0.3) is 18.2 Å². The third kappa shape index (κ3) is 7.06. The maximum Gasteiger partial charge on any atom is 0.315 e. The van der Waals surface area contributed by atoms with E-state index in [2.05, 4.69) is 22.5 Å². The van der Waals surface area contributed by atoms with Gasteiger partial charge < -0.3 is 20.9 Å². The molecule has 0 radical (unpaired) electrons. The van der Waals surface area contributed by atoms with Crippen molar-refractivity contribution < 1.29 is 28.4 Å². The summed E-state index contributed by atoms with van der Waals surface area (Å²) in [6.07, 6.45) is 0.911. The monoisotopic (exact) mass is 450 g/mol. The minimum atomic E-state index is -3.28. The number of rotatable bonds is 8. The van der Waals surface area contributed by atoms with Crippen molar-refractivity contribution in [3.63, 3.8) is 0 Å². The number of alkyl halides is 2. The van der Waals surface area contributed by atoms with Gasteiger partial charge in [0.1, 0.15) is 11.6 Å². The van der Waals surface area contributed by atoms with E-state index in [4.69, 9.17) is 10.6 Å². The van der Waals surface area contributed by atoms with Crippen molar-refractivity contribution in [1.82, 2.24) is 26.3 Å². The van der Waals surface area contributed by atoms with Crippen LogP contribution in [0.1, 0.15) is 22.8 Å². The van der Waals surface area contributed by atoms with Crippen molar-refractivity contribution in [3.05, 3.63) is 47.7 Å². The SMILES string of the molecule is CNC(=O)NC(C)(C(F)F)[C@H](NC(=O)c1ccc(C#C/C=C/N(C)C=N)cc1)C(=O)NO. The molecule has 12 heteroatoms. The Bertz CT molecular complexity index is 926. The molecule has 172 valence electrons. The maximum absolute atomic E-state index is 13.8.